The number of hydrogen-bond acceptors (Lipinski definition) is 3. The van der Waals surface area contributed by atoms with Crippen LogP contribution in [0.3, 0.4) is 0 Å². The van der Waals surface area contributed by atoms with Crippen molar-refractivity contribution < 1.29 is 9.47 Å². The summed E-state index contributed by atoms with van der Waals surface area (Å²) in [6.45, 7) is 4.45. The van der Waals surface area contributed by atoms with Gasteiger partial charge in [0.05, 0.1) is 13.2 Å². The van der Waals surface area contributed by atoms with Crippen molar-refractivity contribution in [2.24, 2.45) is 11.7 Å². The zero-order valence-electron chi connectivity index (χ0n) is 9.50. The van der Waals surface area contributed by atoms with Gasteiger partial charge in [-0.1, -0.05) is 13.0 Å². The maximum absolute atomic E-state index is 5.83. The molecule has 86 valence electrons. The van der Waals surface area contributed by atoms with Crippen LogP contribution in [0, 0.1) is 5.92 Å². The number of rotatable bonds is 3. The second-order valence-corrected chi connectivity index (χ2v) is 4.62. The molecule has 2 N–H and O–H groups in total. The van der Waals surface area contributed by atoms with E-state index < -0.39 is 0 Å². The van der Waals surface area contributed by atoms with E-state index in [1.54, 1.807) is 0 Å². The van der Waals surface area contributed by atoms with Gasteiger partial charge in [0.25, 0.3) is 0 Å². The van der Waals surface area contributed by atoms with Crippen molar-refractivity contribution >= 4 is 0 Å². The smallest absolute Gasteiger partial charge is 0.191 e. The van der Waals surface area contributed by atoms with Crippen molar-refractivity contribution in [1.82, 2.24) is 0 Å². The van der Waals surface area contributed by atoms with Crippen molar-refractivity contribution in [3.8, 4) is 0 Å². The molecule has 1 spiro atoms. The fourth-order valence-corrected chi connectivity index (χ4v) is 2.52. The molecule has 3 nitrogen and oxygen atoms in total. The molecule has 1 fully saturated rings. The normalized spacial score (nSPS) is 29.5. The second-order valence-electron chi connectivity index (χ2n) is 4.62. The molecule has 1 atom stereocenters. The van der Waals surface area contributed by atoms with Crippen molar-refractivity contribution in [3.63, 3.8) is 0 Å². The van der Waals surface area contributed by atoms with Crippen molar-refractivity contribution in [2.75, 3.05) is 19.8 Å². The van der Waals surface area contributed by atoms with Crippen LogP contribution in [0.15, 0.2) is 11.6 Å². The molecule has 1 aliphatic heterocycles. The molecule has 1 saturated heterocycles. The van der Waals surface area contributed by atoms with Crippen LogP contribution in [-0.4, -0.2) is 25.5 Å². The molecule has 2 rings (SSSR count). The lowest BCUT2D eigenvalue weighted by Crippen LogP contribution is -2.37. The predicted octanol–water partition coefficient (Wildman–Crippen LogP) is 1.82. The average molecular weight is 211 g/mol. The van der Waals surface area contributed by atoms with Gasteiger partial charge in [-0.25, -0.2) is 0 Å². The van der Waals surface area contributed by atoms with E-state index in [1.165, 1.54) is 5.57 Å². The van der Waals surface area contributed by atoms with E-state index in [0.29, 0.717) is 5.92 Å². The van der Waals surface area contributed by atoms with Crippen LogP contribution in [0.1, 0.15) is 32.6 Å². The van der Waals surface area contributed by atoms with Crippen LogP contribution >= 0.6 is 0 Å². The minimum Gasteiger partial charge on any atom is -0.344 e. The van der Waals surface area contributed by atoms with Crippen LogP contribution in [0.25, 0.3) is 0 Å². The second kappa shape index (κ2) is 4.64. The van der Waals surface area contributed by atoms with Crippen LogP contribution in [0.4, 0.5) is 0 Å². The summed E-state index contributed by atoms with van der Waals surface area (Å²) >= 11 is 0. The van der Waals surface area contributed by atoms with Gasteiger partial charge in [0, 0.05) is 6.42 Å². The highest BCUT2D eigenvalue weighted by atomic mass is 16.7. The minimum absolute atomic E-state index is 0.382. The SMILES string of the molecule is C[C@@H]1CC=C(CCCN)C2(C1)OCCO2. The zero-order chi connectivity index (χ0) is 10.7. The summed E-state index contributed by atoms with van der Waals surface area (Å²) < 4.78 is 11.7. The van der Waals surface area contributed by atoms with E-state index in [1.807, 2.05) is 0 Å². The van der Waals surface area contributed by atoms with E-state index in [0.717, 1.165) is 45.4 Å². The summed E-state index contributed by atoms with van der Waals surface area (Å²) in [5, 5.41) is 0. The molecule has 0 saturated carbocycles. The van der Waals surface area contributed by atoms with Gasteiger partial charge in [-0.05, 0) is 37.3 Å². The summed E-state index contributed by atoms with van der Waals surface area (Å²) in [5.74, 6) is 0.275. The molecule has 0 aromatic carbocycles. The Balaban J connectivity index is 2.10. The molecule has 3 heteroatoms. The third kappa shape index (κ3) is 2.25. The molecule has 1 aliphatic carbocycles. The zero-order valence-corrected chi connectivity index (χ0v) is 9.50. The lowest BCUT2D eigenvalue weighted by molar-refractivity contribution is -0.144. The largest absolute Gasteiger partial charge is 0.344 e. The van der Waals surface area contributed by atoms with E-state index in [9.17, 15) is 0 Å². The molecular formula is C12H21NO2. The molecule has 0 radical (unpaired) electrons. The summed E-state index contributed by atoms with van der Waals surface area (Å²) in [5.41, 5.74) is 6.87. The van der Waals surface area contributed by atoms with E-state index in [-0.39, 0.29) is 5.79 Å². The standard InChI is InChI=1S/C12H21NO2/c1-10-4-5-11(3-2-6-13)12(9-10)14-7-8-15-12/h5,10H,2-4,6-9,13H2,1H3/t10-/m1/s1. The average Bonchev–Trinajstić information content (AvgIpc) is 2.66. The first-order valence-corrected chi connectivity index (χ1v) is 5.94. The first-order valence-electron chi connectivity index (χ1n) is 5.94. The molecule has 0 aromatic rings. The maximum atomic E-state index is 5.83. The van der Waals surface area contributed by atoms with Gasteiger partial charge in [-0.2, -0.15) is 0 Å². The molecule has 0 bridgehead atoms. The number of allylic oxidation sites excluding steroid dienone is 1. The van der Waals surface area contributed by atoms with Gasteiger partial charge in [0.1, 0.15) is 0 Å². The Labute approximate surface area is 91.6 Å². The van der Waals surface area contributed by atoms with E-state index in [4.69, 9.17) is 15.2 Å². The number of ether oxygens (including phenoxy) is 2. The first-order chi connectivity index (χ1) is 7.27. The number of nitrogens with two attached hydrogens (primary N) is 1. The van der Waals surface area contributed by atoms with Crippen LogP contribution in [0.2, 0.25) is 0 Å². The monoisotopic (exact) mass is 211 g/mol. The fraction of sp³-hybridized carbons (Fsp3) is 0.833. The minimum atomic E-state index is -0.382. The van der Waals surface area contributed by atoms with Gasteiger partial charge in [0.2, 0.25) is 0 Å². The van der Waals surface area contributed by atoms with Crippen molar-refractivity contribution in [1.29, 1.82) is 0 Å². The highest BCUT2D eigenvalue weighted by Crippen LogP contribution is 2.41. The summed E-state index contributed by atoms with van der Waals surface area (Å²) in [7, 11) is 0. The van der Waals surface area contributed by atoms with Crippen LogP contribution in [-0.2, 0) is 9.47 Å². The summed E-state index contributed by atoms with van der Waals surface area (Å²) in [4.78, 5) is 0. The Morgan fingerprint density at radius 1 is 1.47 bits per heavy atom. The lowest BCUT2D eigenvalue weighted by atomic mass is 9.84. The molecule has 1 heterocycles. The van der Waals surface area contributed by atoms with Crippen molar-refractivity contribution in [3.05, 3.63) is 11.6 Å². The highest BCUT2D eigenvalue weighted by Gasteiger charge is 2.42. The van der Waals surface area contributed by atoms with Gasteiger partial charge < -0.3 is 15.2 Å². The summed E-state index contributed by atoms with van der Waals surface area (Å²) in [6, 6.07) is 0. The van der Waals surface area contributed by atoms with Gasteiger partial charge in [0.15, 0.2) is 5.79 Å². The topological polar surface area (TPSA) is 44.5 Å². The van der Waals surface area contributed by atoms with Gasteiger partial charge in [-0.3, -0.25) is 0 Å². The molecule has 15 heavy (non-hydrogen) atoms. The Bertz CT molecular complexity index is 244. The molecule has 0 unspecified atom stereocenters. The Morgan fingerprint density at radius 2 is 2.20 bits per heavy atom. The third-order valence-corrected chi connectivity index (χ3v) is 3.28. The van der Waals surface area contributed by atoms with E-state index in [2.05, 4.69) is 13.0 Å². The fourth-order valence-electron chi connectivity index (χ4n) is 2.52. The quantitative estimate of drug-likeness (QED) is 0.724. The summed E-state index contributed by atoms with van der Waals surface area (Å²) in [6.07, 6.45) is 6.49. The lowest BCUT2D eigenvalue weighted by Gasteiger charge is -2.36. The molecule has 0 aromatic heterocycles. The Kier molecular flexibility index (Phi) is 3.44. The Hall–Kier alpha value is -0.380. The van der Waals surface area contributed by atoms with Crippen LogP contribution < -0.4 is 5.73 Å². The predicted molar refractivity (Wildman–Crippen MR) is 59.4 cm³/mol. The molecule has 2 aliphatic rings. The molecule has 0 amide bonds. The van der Waals surface area contributed by atoms with Crippen molar-refractivity contribution in [2.45, 2.75) is 38.4 Å². The third-order valence-electron chi connectivity index (χ3n) is 3.28. The molecular weight excluding hydrogens is 190 g/mol. The van der Waals surface area contributed by atoms with Crippen LogP contribution in [0.5, 0.6) is 0 Å². The highest BCUT2D eigenvalue weighted by molar-refractivity contribution is 5.18. The van der Waals surface area contributed by atoms with Gasteiger partial charge in [-0.15, -0.1) is 0 Å². The number of hydrogen-bond donors (Lipinski definition) is 1. The van der Waals surface area contributed by atoms with Gasteiger partial charge >= 0.3 is 0 Å². The maximum Gasteiger partial charge on any atom is 0.191 e. The first kappa shape index (κ1) is 11.1. The Morgan fingerprint density at radius 3 is 2.87 bits per heavy atom. The van der Waals surface area contributed by atoms with E-state index >= 15 is 0 Å².